The first kappa shape index (κ1) is 25.4. The van der Waals surface area contributed by atoms with Crippen LogP contribution in [0.3, 0.4) is 0 Å². The molecule has 0 heterocycles. The van der Waals surface area contributed by atoms with Crippen LogP contribution < -0.4 is 31.4 Å². The Bertz CT molecular complexity index is 632. The lowest BCUT2D eigenvalue weighted by molar-refractivity contribution is -0.141. The molecule has 3 atom stereocenters. The lowest BCUT2D eigenvalue weighted by Gasteiger charge is -2.22. The molecule has 0 aromatic carbocycles. The molecule has 0 unspecified atom stereocenters. The van der Waals surface area contributed by atoms with Crippen LogP contribution >= 0.6 is 23.6 Å². The summed E-state index contributed by atoms with van der Waals surface area (Å²) in [6.07, 6.45) is -1.46. The molecule has 0 bridgehead atoms. The fourth-order valence-corrected chi connectivity index (χ4v) is 2.10. The number of nitrogens with one attached hydrogen (secondary N) is 5. The highest BCUT2D eigenvalue weighted by atomic mass is 35.5. The highest BCUT2D eigenvalue weighted by Gasteiger charge is 2.30. The van der Waals surface area contributed by atoms with Crippen molar-refractivity contribution in [1.29, 1.82) is 0 Å². The number of carbonyl (C=O) groups is 6. The molecule has 0 fully saturated rings. The van der Waals surface area contributed by atoms with E-state index in [0.717, 1.165) is 0 Å². The number of hydrogen-bond acceptors (Lipinski definition) is 7. The highest BCUT2D eigenvalue weighted by molar-refractivity contribution is 6.22. The van der Waals surface area contributed by atoms with E-state index in [1.165, 1.54) is 6.92 Å². The van der Waals surface area contributed by atoms with Crippen molar-refractivity contribution >= 4 is 59.1 Å². The molecule has 0 radical (unpaired) electrons. The van der Waals surface area contributed by atoms with Crippen molar-refractivity contribution in [3.63, 3.8) is 0 Å². The smallest absolute Gasteiger partial charge is 0.305 e. The van der Waals surface area contributed by atoms with Crippen LogP contribution in [0.4, 0.5) is 0 Å². The van der Waals surface area contributed by atoms with Crippen LogP contribution in [0, 0.1) is 0 Å². The molecule has 0 saturated heterocycles. The van der Waals surface area contributed by atoms with Crippen molar-refractivity contribution in [2.45, 2.75) is 37.9 Å². The summed E-state index contributed by atoms with van der Waals surface area (Å²) in [5.41, 5.74) is 4.98. The largest absolute Gasteiger partial charge is 0.481 e. The predicted octanol–water partition coefficient (Wildman–Crippen LogP) is -3.18. The summed E-state index contributed by atoms with van der Waals surface area (Å²) in [6, 6.07) is -4.23. The standard InChI is InChI=1S/C13H20Cl2N6O7/c1-5(18-9(23)4-17-14)11(26)19-7(3-10(24)25)12(27)20-6(2-8(16)22)13(28)21-15/h5-7,17H,2-4H2,1H3,(H2,16,22)(H,18,23)(H,19,26)(H,20,27)(H,21,28)(H,24,25)/t5-,6+,7+/m0/s1. The summed E-state index contributed by atoms with van der Waals surface area (Å²) < 4.78 is 0. The Morgan fingerprint density at radius 1 is 0.893 bits per heavy atom. The van der Waals surface area contributed by atoms with E-state index in [2.05, 4.69) is 20.8 Å². The Balaban J connectivity index is 5.17. The molecule has 0 aliphatic carbocycles. The van der Waals surface area contributed by atoms with E-state index in [9.17, 15) is 28.8 Å². The van der Waals surface area contributed by atoms with Crippen LogP contribution in [0.2, 0.25) is 0 Å². The van der Waals surface area contributed by atoms with Crippen molar-refractivity contribution in [2.24, 2.45) is 5.73 Å². The maximum Gasteiger partial charge on any atom is 0.305 e. The molecule has 0 aromatic heterocycles. The van der Waals surface area contributed by atoms with Gasteiger partial charge in [0.15, 0.2) is 0 Å². The monoisotopic (exact) mass is 442 g/mol. The van der Waals surface area contributed by atoms with E-state index >= 15 is 0 Å². The van der Waals surface area contributed by atoms with E-state index in [1.807, 2.05) is 0 Å². The number of carboxylic acid groups (broad SMARTS) is 1. The number of amides is 5. The number of primary amides is 1. The summed E-state index contributed by atoms with van der Waals surface area (Å²) in [4.78, 5) is 73.1. The maximum absolute atomic E-state index is 12.3. The molecule has 5 amide bonds. The van der Waals surface area contributed by atoms with Gasteiger partial charge in [0.2, 0.25) is 23.6 Å². The maximum atomic E-state index is 12.3. The van der Waals surface area contributed by atoms with Gasteiger partial charge in [-0.3, -0.25) is 33.6 Å². The van der Waals surface area contributed by atoms with Gasteiger partial charge in [-0.05, 0) is 18.7 Å². The number of aliphatic carboxylic acids is 1. The molecule has 13 nitrogen and oxygen atoms in total. The second kappa shape index (κ2) is 12.7. The SMILES string of the molecule is C[C@H](NC(=O)CNCl)C(=O)N[C@H](CC(=O)O)C(=O)N[C@H](CC(N)=O)C(=O)NCl. The molecular weight excluding hydrogens is 423 g/mol. The molecule has 0 spiro atoms. The van der Waals surface area contributed by atoms with Gasteiger partial charge >= 0.3 is 5.97 Å². The zero-order chi connectivity index (χ0) is 21.9. The topological polar surface area (TPSA) is 209 Å². The molecule has 0 rings (SSSR count). The number of hydrogen-bond donors (Lipinski definition) is 7. The van der Waals surface area contributed by atoms with Gasteiger partial charge in [-0.2, -0.15) is 0 Å². The fourth-order valence-electron chi connectivity index (χ4n) is 1.85. The van der Waals surface area contributed by atoms with Crippen molar-refractivity contribution in [3.8, 4) is 0 Å². The number of nitrogens with two attached hydrogens (primary N) is 1. The lowest BCUT2D eigenvalue weighted by Crippen LogP contribution is -2.57. The molecule has 0 saturated carbocycles. The van der Waals surface area contributed by atoms with E-state index in [-0.39, 0.29) is 6.54 Å². The summed E-state index contributed by atoms with van der Waals surface area (Å²) in [7, 11) is 0. The second-order valence-electron chi connectivity index (χ2n) is 5.45. The molecule has 8 N–H and O–H groups in total. The summed E-state index contributed by atoms with van der Waals surface area (Å²) in [5, 5.41) is 15.4. The minimum atomic E-state index is -1.62. The van der Waals surface area contributed by atoms with E-state index in [0.29, 0.717) is 0 Å². The highest BCUT2D eigenvalue weighted by Crippen LogP contribution is 1.99. The second-order valence-corrected chi connectivity index (χ2v) is 5.91. The Kier molecular flexibility index (Phi) is 11.5. The van der Waals surface area contributed by atoms with Gasteiger partial charge in [-0.1, -0.05) is 0 Å². The zero-order valence-electron chi connectivity index (χ0n) is 14.6. The number of rotatable bonds is 12. The number of carboxylic acids is 1. The minimum absolute atomic E-state index is 0.291. The zero-order valence-corrected chi connectivity index (χ0v) is 16.1. The molecule has 0 aliphatic heterocycles. The lowest BCUT2D eigenvalue weighted by atomic mass is 10.1. The van der Waals surface area contributed by atoms with Crippen LogP contribution in [-0.4, -0.2) is 65.3 Å². The van der Waals surface area contributed by atoms with E-state index < -0.39 is 66.5 Å². The van der Waals surface area contributed by atoms with Gasteiger partial charge in [0.1, 0.15) is 18.1 Å². The quantitative estimate of drug-likeness (QED) is 0.153. The van der Waals surface area contributed by atoms with Gasteiger partial charge in [0, 0.05) is 11.8 Å². The molecule has 28 heavy (non-hydrogen) atoms. The Morgan fingerprint density at radius 2 is 1.43 bits per heavy atom. The first-order valence-electron chi connectivity index (χ1n) is 7.66. The Labute approximate surface area is 169 Å². The van der Waals surface area contributed by atoms with Gasteiger partial charge < -0.3 is 26.8 Å². The van der Waals surface area contributed by atoms with Crippen molar-refractivity contribution in [3.05, 3.63) is 0 Å². The molecule has 0 aliphatic rings. The average Bonchev–Trinajstić information content (AvgIpc) is 2.58. The van der Waals surface area contributed by atoms with Crippen LogP contribution in [0.1, 0.15) is 19.8 Å². The fraction of sp³-hybridized carbons (Fsp3) is 0.538. The van der Waals surface area contributed by atoms with Crippen LogP contribution in [0.25, 0.3) is 0 Å². The number of carbonyl (C=O) groups excluding carboxylic acids is 5. The predicted molar refractivity (Wildman–Crippen MR) is 95.4 cm³/mol. The van der Waals surface area contributed by atoms with E-state index in [4.69, 9.17) is 34.4 Å². The summed E-state index contributed by atoms with van der Waals surface area (Å²) in [5.74, 6) is -5.92. The molecule has 15 heteroatoms. The Hall–Kier alpha value is -2.64. The normalized spacial score (nSPS) is 13.4. The van der Waals surface area contributed by atoms with Crippen LogP contribution in [-0.2, 0) is 28.8 Å². The average molecular weight is 443 g/mol. The van der Waals surface area contributed by atoms with E-state index in [1.54, 1.807) is 4.84 Å². The van der Waals surface area contributed by atoms with Crippen LogP contribution in [0.15, 0.2) is 0 Å². The first-order valence-corrected chi connectivity index (χ1v) is 8.41. The third-order valence-electron chi connectivity index (χ3n) is 3.14. The first-order chi connectivity index (χ1) is 13.0. The van der Waals surface area contributed by atoms with Gasteiger partial charge in [-0.15, -0.1) is 0 Å². The number of halogens is 2. The van der Waals surface area contributed by atoms with Gasteiger partial charge in [-0.25, -0.2) is 4.84 Å². The summed E-state index contributed by atoms with van der Waals surface area (Å²) >= 11 is 10.3. The molecule has 158 valence electrons. The minimum Gasteiger partial charge on any atom is -0.481 e. The van der Waals surface area contributed by atoms with Crippen LogP contribution in [0.5, 0.6) is 0 Å². The summed E-state index contributed by atoms with van der Waals surface area (Å²) in [6.45, 7) is 0.995. The Morgan fingerprint density at radius 3 is 1.89 bits per heavy atom. The molecular formula is C13H20Cl2N6O7. The third kappa shape index (κ3) is 9.89. The molecule has 0 aromatic rings. The van der Waals surface area contributed by atoms with Gasteiger partial charge in [0.25, 0.3) is 5.91 Å². The van der Waals surface area contributed by atoms with Gasteiger partial charge in [0.05, 0.1) is 19.4 Å². The van der Waals surface area contributed by atoms with Crippen molar-refractivity contribution in [2.75, 3.05) is 6.54 Å². The van der Waals surface area contributed by atoms with Crippen molar-refractivity contribution in [1.82, 2.24) is 25.6 Å². The van der Waals surface area contributed by atoms with Crippen molar-refractivity contribution < 1.29 is 33.9 Å². The third-order valence-corrected chi connectivity index (χ3v) is 3.46.